The molecule has 1 aliphatic heterocycles. The summed E-state index contributed by atoms with van der Waals surface area (Å²) in [6, 6.07) is 4.69. The van der Waals surface area contributed by atoms with Gasteiger partial charge in [0.1, 0.15) is 0 Å². The molecule has 21 heavy (non-hydrogen) atoms. The maximum atomic E-state index is 5.30. The SMILES string of the molecule is CCCNC(C)c1ccc(N2CCCC(COC)C2)cn1. The quantitative estimate of drug-likeness (QED) is 0.838. The number of pyridine rings is 1. The van der Waals surface area contributed by atoms with E-state index in [2.05, 4.69) is 41.2 Å². The van der Waals surface area contributed by atoms with Crippen LogP contribution < -0.4 is 10.2 Å². The zero-order valence-electron chi connectivity index (χ0n) is 13.6. The van der Waals surface area contributed by atoms with Crippen molar-refractivity contribution in [3.63, 3.8) is 0 Å². The minimum atomic E-state index is 0.321. The summed E-state index contributed by atoms with van der Waals surface area (Å²) in [6.45, 7) is 8.47. The number of nitrogens with zero attached hydrogens (tertiary/aromatic N) is 2. The van der Waals surface area contributed by atoms with Gasteiger partial charge in [0.05, 0.1) is 24.2 Å². The van der Waals surface area contributed by atoms with Crippen molar-refractivity contribution in [2.24, 2.45) is 5.92 Å². The van der Waals surface area contributed by atoms with Crippen LogP contribution in [0.3, 0.4) is 0 Å². The predicted octanol–water partition coefficient (Wildman–Crippen LogP) is 3.01. The summed E-state index contributed by atoms with van der Waals surface area (Å²) in [4.78, 5) is 7.08. The second kappa shape index (κ2) is 8.35. The lowest BCUT2D eigenvalue weighted by Gasteiger charge is -2.34. The van der Waals surface area contributed by atoms with Crippen molar-refractivity contribution in [3.8, 4) is 0 Å². The van der Waals surface area contributed by atoms with Crippen LogP contribution in [-0.4, -0.2) is 38.3 Å². The zero-order valence-corrected chi connectivity index (χ0v) is 13.6. The fraction of sp³-hybridized carbons (Fsp3) is 0.706. The molecular formula is C17H29N3O. The lowest BCUT2D eigenvalue weighted by atomic mass is 9.98. The van der Waals surface area contributed by atoms with Crippen molar-refractivity contribution in [2.75, 3.05) is 38.3 Å². The highest BCUT2D eigenvalue weighted by Crippen LogP contribution is 2.23. The van der Waals surface area contributed by atoms with Gasteiger partial charge in [-0.05, 0) is 50.8 Å². The normalized spacial score (nSPS) is 20.5. The van der Waals surface area contributed by atoms with Crippen LogP contribution in [0.25, 0.3) is 0 Å². The van der Waals surface area contributed by atoms with E-state index in [-0.39, 0.29) is 0 Å². The first-order valence-corrected chi connectivity index (χ1v) is 8.17. The molecule has 4 nitrogen and oxygen atoms in total. The Kier molecular flexibility index (Phi) is 6.46. The van der Waals surface area contributed by atoms with E-state index >= 15 is 0 Å². The minimum Gasteiger partial charge on any atom is -0.384 e. The van der Waals surface area contributed by atoms with Crippen molar-refractivity contribution >= 4 is 5.69 Å². The minimum absolute atomic E-state index is 0.321. The Morgan fingerprint density at radius 2 is 2.33 bits per heavy atom. The second-order valence-corrected chi connectivity index (χ2v) is 6.03. The first-order valence-electron chi connectivity index (χ1n) is 8.17. The lowest BCUT2D eigenvalue weighted by Crippen LogP contribution is -2.37. The van der Waals surface area contributed by atoms with E-state index in [9.17, 15) is 0 Å². The molecule has 0 amide bonds. The standard InChI is InChI=1S/C17H29N3O/c1-4-9-18-14(2)17-8-7-16(11-19-17)20-10-5-6-15(12-20)13-21-3/h7-8,11,14-15,18H,4-6,9-10,12-13H2,1-3H3. The topological polar surface area (TPSA) is 37.4 Å². The first kappa shape index (κ1) is 16.2. The third-order valence-corrected chi connectivity index (χ3v) is 4.20. The van der Waals surface area contributed by atoms with Crippen LogP contribution in [0.4, 0.5) is 5.69 Å². The van der Waals surface area contributed by atoms with Gasteiger partial charge in [0.15, 0.2) is 0 Å². The number of rotatable bonds is 7. The van der Waals surface area contributed by atoms with E-state index in [4.69, 9.17) is 4.74 Å². The highest BCUT2D eigenvalue weighted by atomic mass is 16.5. The third kappa shape index (κ3) is 4.68. The van der Waals surface area contributed by atoms with Crippen LogP contribution in [-0.2, 0) is 4.74 Å². The average Bonchev–Trinajstić information content (AvgIpc) is 2.53. The van der Waals surface area contributed by atoms with E-state index in [0.717, 1.165) is 38.4 Å². The van der Waals surface area contributed by atoms with Gasteiger partial charge in [0.2, 0.25) is 0 Å². The van der Waals surface area contributed by atoms with Gasteiger partial charge in [0.25, 0.3) is 0 Å². The molecule has 0 aromatic carbocycles. The van der Waals surface area contributed by atoms with Gasteiger partial charge in [0, 0.05) is 26.2 Å². The van der Waals surface area contributed by atoms with Crippen molar-refractivity contribution in [1.82, 2.24) is 10.3 Å². The molecule has 0 radical (unpaired) electrons. The maximum Gasteiger partial charge on any atom is 0.0572 e. The van der Waals surface area contributed by atoms with Crippen LogP contribution in [0.1, 0.15) is 44.8 Å². The van der Waals surface area contributed by atoms with Crippen molar-refractivity contribution in [2.45, 2.75) is 39.2 Å². The first-order chi connectivity index (χ1) is 10.2. The number of hydrogen-bond donors (Lipinski definition) is 1. The molecule has 1 aromatic heterocycles. The summed E-state index contributed by atoms with van der Waals surface area (Å²) in [6.07, 6.45) is 5.68. The number of nitrogens with one attached hydrogen (secondary N) is 1. The molecule has 1 aromatic rings. The molecule has 2 rings (SSSR count). The molecule has 0 aliphatic carbocycles. The Balaban J connectivity index is 1.94. The van der Waals surface area contributed by atoms with E-state index in [1.54, 1.807) is 7.11 Å². The molecule has 0 spiro atoms. The molecule has 1 fully saturated rings. The fourth-order valence-electron chi connectivity index (χ4n) is 2.98. The highest BCUT2D eigenvalue weighted by Gasteiger charge is 2.20. The Morgan fingerprint density at radius 3 is 3.00 bits per heavy atom. The maximum absolute atomic E-state index is 5.30. The predicted molar refractivity (Wildman–Crippen MR) is 87.8 cm³/mol. The molecule has 2 heterocycles. The number of aromatic nitrogens is 1. The molecule has 2 unspecified atom stereocenters. The monoisotopic (exact) mass is 291 g/mol. The van der Waals surface area contributed by atoms with Gasteiger partial charge in [-0.1, -0.05) is 6.92 Å². The molecule has 4 heteroatoms. The van der Waals surface area contributed by atoms with E-state index in [1.165, 1.54) is 18.5 Å². The highest BCUT2D eigenvalue weighted by molar-refractivity contribution is 5.45. The van der Waals surface area contributed by atoms with Gasteiger partial charge in [-0.25, -0.2) is 0 Å². The number of hydrogen-bond acceptors (Lipinski definition) is 4. The van der Waals surface area contributed by atoms with Crippen molar-refractivity contribution in [3.05, 3.63) is 24.0 Å². The molecule has 1 saturated heterocycles. The molecule has 1 N–H and O–H groups in total. The van der Waals surface area contributed by atoms with Gasteiger partial charge >= 0.3 is 0 Å². The van der Waals surface area contributed by atoms with Crippen LogP contribution in [0, 0.1) is 5.92 Å². The van der Waals surface area contributed by atoms with Crippen LogP contribution in [0.15, 0.2) is 18.3 Å². The van der Waals surface area contributed by atoms with Gasteiger partial charge in [-0.15, -0.1) is 0 Å². The van der Waals surface area contributed by atoms with Gasteiger partial charge < -0.3 is 15.0 Å². The summed E-state index contributed by atoms with van der Waals surface area (Å²) in [5.41, 5.74) is 2.36. The lowest BCUT2D eigenvalue weighted by molar-refractivity contribution is 0.143. The molecule has 118 valence electrons. The summed E-state index contributed by atoms with van der Waals surface area (Å²) in [5, 5.41) is 3.48. The third-order valence-electron chi connectivity index (χ3n) is 4.20. The Hall–Kier alpha value is -1.13. The van der Waals surface area contributed by atoms with Gasteiger partial charge in [-0.2, -0.15) is 0 Å². The summed E-state index contributed by atoms with van der Waals surface area (Å²) in [5.74, 6) is 0.647. The summed E-state index contributed by atoms with van der Waals surface area (Å²) >= 11 is 0. The fourth-order valence-corrected chi connectivity index (χ4v) is 2.98. The molecule has 2 atom stereocenters. The van der Waals surface area contributed by atoms with Crippen molar-refractivity contribution in [1.29, 1.82) is 0 Å². The van der Waals surface area contributed by atoms with Crippen LogP contribution in [0.2, 0.25) is 0 Å². The van der Waals surface area contributed by atoms with Crippen molar-refractivity contribution < 1.29 is 4.74 Å². The Morgan fingerprint density at radius 1 is 1.48 bits per heavy atom. The Bertz CT molecular complexity index is 405. The van der Waals surface area contributed by atoms with Crippen LogP contribution >= 0.6 is 0 Å². The van der Waals surface area contributed by atoms with Crippen LogP contribution in [0.5, 0.6) is 0 Å². The van der Waals surface area contributed by atoms with Gasteiger partial charge in [-0.3, -0.25) is 4.98 Å². The second-order valence-electron chi connectivity index (χ2n) is 6.03. The molecule has 1 aliphatic rings. The smallest absolute Gasteiger partial charge is 0.0572 e. The number of ether oxygens (including phenoxy) is 1. The number of piperidine rings is 1. The van der Waals surface area contributed by atoms with E-state index in [0.29, 0.717) is 12.0 Å². The summed E-state index contributed by atoms with van der Waals surface area (Å²) in [7, 11) is 1.79. The number of methoxy groups -OCH3 is 1. The average molecular weight is 291 g/mol. The zero-order chi connectivity index (χ0) is 15.1. The molecular weight excluding hydrogens is 262 g/mol. The molecule has 0 saturated carbocycles. The molecule has 0 bridgehead atoms. The van der Waals surface area contributed by atoms with E-state index in [1.807, 2.05) is 6.20 Å². The van der Waals surface area contributed by atoms with E-state index < -0.39 is 0 Å². The summed E-state index contributed by atoms with van der Waals surface area (Å²) < 4.78 is 5.30. The largest absolute Gasteiger partial charge is 0.384 e. The Labute approximate surface area is 128 Å². The number of anilines is 1.